The third-order valence-electron chi connectivity index (χ3n) is 4.59. The van der Waals surface area contributed by atoms with E-state index in [2.05, 4.69) is 12.2 Å². The molecule has 0 unspecified atom stereocenters. The minimum atomic E-state index is 0. The van der Waals surface area contributed by atoms with E-state index < -0.39 is 0 Å². The second-order valence-corrected chi connectivity index (χ2v) is 6.27. The van der Waals surface area contributed by atoms with Crippen LogP contribution in [-0.2, 0) is 11.2 Å². The van der Waals surface area contributed by atoms with Crippen LogP contribution in [0.15, 0.2) is 24.3 Å². The summed E-state index contributed by atoms with van der Waals surface area (Å²) in [5, 5.41) is 3.19. The smallest absolute Gasteiger partial charge is 0.220 e. The van der Waals surface area contributed by atoms with Crippen molar-refractivity contribution in [3.8, 4) is 0 Å². The van der Waals surface area contributed by atoms with Gasteiger partial charge >= 0.3 is 0 Å². The molecule has 124 valence electrons. The van der Waals surface area contributed by atoms with Gasteiger partial charge in [-0.25, -0.2) is 0 Å². The Morgan fingerprint density at radius 1 is 1.23 bits per heavy atom. The SMILES string of the molecule is CCCC1CCC(NC(=O)CCc2ccccc2N)CC1.Cl. The van der Waals surface area contributed by atoms with Crippen LogP contribution >= 0.6 is 12.4 Å². The van der Waals surface area contributed by atoms with Crippen molar-refractivity contribution in [1.29, 1.82) is 0 Å². The molecule has 0 bridgehead atoms. The van der Waals surface area contributed by atoms with Crippen molar-refractivity contribution >= 4 is 24.0 Å². The molecular weight excluding hydrogens is 296 g/mol. The minimum Gasteiger partial charge on any atom is -0.399 e. The van der Waals surface area contributed by atoms with Crippen molar-refractivity contribution < 1.29 is 4.79 Å². The molecule has 3 nitrogen and oxygen atoms in total. The van der Waals surface area contributed by atoms with Crippen LogP contribution < -0.4 is 11.1 Å². The predicted octanol–water partition coefficient (Wildman–Crippen LogP) is 4.10. The molecule has 1 aromatic rings. The summed E-state index contributed by atoms with van der Waals surface area (Å²) in [6.45, 7) is 2.25. The highest BCUT2D eigenvalue weighted by atomic mass is 35.5. The number of anilines is 1. The average Bonchev–Trinajstić information content (AvgIpc) is 2.49. The number of benzene rings is 1. The maximum absolute atomic E-state index is 12.1. The zero-order chi connectivity index (χ0) is 15.1. The van der Waals surface area contributed by atoms with Gasteiger partial charge < -0.3 is 11.1 Å². The fraction of sp³-hybridized carbons (Fsp3) is 0.611. The molecule has 0 spiro atoms. The number of aryl methyl sites for hydroxylation is 1. The van der Waals surface area contributed by atoms with Crippen LogP contribution in [0.2, 0.25) is 0 Å². The highest BCUT2D eigenvalue weighted by Gasteiger charge is 2.21. The molecule has 22 heavy (non-hydrogen) atoms. The van der Waals surface area contributed by atoms with E-state index in [4.69, 9.17) is 5.73 Å². The molecule has 2 rings (SSSR count). The summed E-state index contributed by atoms with van der Waals surface area (Å²) >= 11 is 0. The first kappa shape index (κ1) is 18.8. The van der Waals surface area contributed by atoms with Gasteiger partial charge in [-0.05, 0) is 49.7 Å². The van der Waals surface area contributed by atoms with Gasteiger partial charge in [0.15, 0.2) is 0 Å². The quantitative estimate of drug-likeness (QED) is 0.774. The lowest BCUT2D eigenvalue weighted by Crippen LogP contribution is -2.37. The minimum absolute atomic E-state index is 0. The number of nitrogen functional groups attached to an aromatic ring is 1. The van der Waals surface area contributed by atoms with Gasteiger partial charge in [0.2, 0.25) is 5.91 Å². The van der Waals surface area contributed by atoms with E-state index in [9.17, 15) is 4.79 Å². The first-order chi connectivity index (χ1) is 10.2. The Balaban J connectivity index is 0.00000242. The molecule has 0 radical (unpaired) electrons. The monoisotopic (exact) mass is 324 g/mol. The maximum atomic E-state index is 12.1. The average molecular weight is 325 g/mol. The van der Waals surface area contributed by atoms with Crippen LogP contribution in [0.25, 0.3) is 0 Å². The van der Waals surface area contributed by atoms with Crippen molar-refractivity contribution in [2.75, 3.05) is 5.73 Å². The lowest BCUT2D eigenvalue weighted by molar-refractivity contribution is -0.122. The Kier molecular flexibility index (Phi) is 8.32. The molecule has 1 aliphatic carbocycles. The number of carbonyl (C=O) groups excluding carboxylic acids is 1. The Bertz CT molecular complexity index is 456. The summed E-state index contributed by atoms with van der Waals surface area (Å²) in [5.74, 6) is 1.05. The van der Waals surface area contributed by atoms with Gasteiger partial charge in [0, 0.05) is 18.2 Å². The van der Waals surface area contributed by atoms with E-state index in [0.717, 1.165) is 36.4 Å². The van der Waals surface area contributed by atoms with Crippen LogP contribution in [0.5, 0.6) is 0 Å². The summed E-state index contributed by atoms with van der Waals surface area (Å²) in [7, 11) is 0. The maximum Gasteiger partial charge on any atom is 0.220 e. The fourth-order valence-corrected chi connectivity index (χ4v) is 3.31. The Morgan fingerprint density at radius 3 is 2.55 bits per heavy atom. The molecule has 3 N–H and O–H groups in total. The van der Waals surface area contributed by atoms with Crippen LogP contribution in [-0.4, -0.2) is 11.9 Å². The Morgan fingerprint density at radius 2 is 1.91 bits per heavy atom. The van der Waals surface area contributed by atoms with Crippen LogP contribution in [0.1, 0.15) is 57.4 Å². The molecular formula is C18H29ClN2O. The topological polar surface area (TPSA) is 55.1 Å². The van der Waals surface area contributed by atoms with Gasteiger partial charge in [-0.15, -0.1) is 12.4 Å². The van der Waals surface area contributed by atoms with Crippen LogP contribution in [0, 0.1) is 5.92 Å². The standard InChI is InChI=1S/C18H28N2O.ClH/c1-2-5-14-8-11-16(12-9-14)20-18(21)13-10-15-6-3-4-7-17(15)19;/h3-4,6-7,14,16H,2,5,8-13,19H2,1H3,(H,20,21);1H. The Labute approximate surface area is 140 Å². The lowest BCUT2D eigenvalue weighted by Gasteiger charge is -2.29. The number of amides is 1. The third kappa shape index (κ3) is 5.88. The lowest BCUT2D eigenvalue weighted by atomic mass is 9.83. The van der Waals surface area contributed by atoms with Gasteiger partial charge in [0.05, 0.1) is 0 Å². The van der Waals surface area contributed by atoms with E-state index in [1.807, 2.05) is 24.3 Å². The number of rotatable bonds is 6. The number of hydrogen-bond donors (Lipinski definition) is 2. The second-order valence-electron chi connectivity index (χ2n) is 6.27. The summed E-state index contributed by atoms with van der Waals surface area (Å²) in [4.78, 5) is 12.1. The van der Waals surface area contributed by atoms with Crippen molar-refractivity contribution in [1.82, 2.24) is 5.32 Å². The molecule has 1 aromatic carbocycles. The summed E-state index contributed by atoms with van der Waals surface area (Å²) in [5.41, 5.74) is 7.75. The van der Waals surface area contributed by atoms with E-state index in [0.29, 0.717) is 12.5 Å². The molecule has 0 aliphatic heterocycles. The molecule has 1 aliphatic rings. The third-order valence-corrected chi connectivity index (χ3v) is 4.59. The molecule has 0 heterocycles. The van der Waals surface area contributed by atoms with Crippen LogP contribution in [0.3, 0.4) is 0 Å². The molecule has 0 aromatic heterocycles. The van der Waals surface area contributed by atoms with Gasteiger partial charge in [-0.1, -0.05) is 38.0 Å². The fourth-order valence-electron chi connectivity index (χ4n) is 3.31. The van der Waals surface area contributed by atoms with Gasteiger partial charge in [-0.2, -0.15) is 0 Å². The summed E-state index contributed by atoms with van der Waals surface area (Å²) in [6, 6.07) is 8.17. The number of nitrogens with two attached hydrogens (primary N) is 1. The Hall–Kier alpha value is -1.22. The largest absolute Gasteiger partial charge is 0.399 e. The van der Waals surface area contributed by atoms with E-state index in [-0.39, 0.29) is 18.3 Å². The predicted molar refractivity (Wildman–Crippen MR) is 95.2 cm³/mol. The molecule has 0 saturated heterocycles. The highest BCUT2D eigenvalue weighted by Crippen LogP contribution is 2.27. The zero-order valence-corrected chi connectivity index (χ0v) is 14.3. The van der Waals surface area contributed by atoms with Gasteiger partial charge in [0.25, 0.3) is 0 Å². The zero-order valence-electron chi connectivity index (χ0n) is 13.5. The second kappa shape index (κ2) is 9.73. The molecule has 4 heteroatoms. The normalized spacial score (nSPS) is 21.0. The highest BCUT2D eigenvalue weighted by molar-refractivity contribution is 5.85. The number of halogens is 1. The molecule has 1 fully saturated rings. The van der Waals surface area contributed by atoms with E-state index >= 15 is 0 Å². The van der Waals surface area contributed by atoms with Crippen molar-refractivity contribution in [3.63, 3.8) is 0 Å². The first-order valence-electron chi connectivity index (χ1n) is 8.31. The first-order valence-corrected chi connectivity index (χ1v) is 8.31. The van der Waals surface area contributed by atoms with E-state index in [1.165, 1.54) is 25.7 Å². The molecule has 0 atom stereocenters. The van der Waals surface area contributed by atoms with E-state index in [1.54, 1.807) is 0 Å². The molecule has 1 saturated carbocycles. The van der Waals surface area contributed by atoms with Crippen molar-refractivity contribution in [2.45, 2.75) is 64.3 Å². The van der Waals surface area contributed by atoms with Gasteiger partial charge in [0.1, 0.15) is 0 Å². The van der Waals surface area contributed by atoms with Crippen molar-refractivity contribution in [2.24, 2.45) is 5.92 Å². The number of hydrogen-bond acceptors (Lipinski definition) is 2. The van der Waals surface area contributed by atoms with Gasteiger partial charge in [-0.3, -0.25) is 4.79 Å². The van der Waals surface area contributed by atoms with Crippen molar-refractivity contribution in [3.05, 3.63) is 29.8 Å². The number of carbonyl (C=O) groups is 1. The summed E-state index contributed by atoms with van der Waals surface area (Å²) < 4.78 is 0. The summed E-state index contributed by atoms with van der Waals surface area (Å²) in [6.07, 6.45) is 8.70. The number of nitrogens with one attached hydrogen (secondary N) is 1. The number of para-hydroxylation sites is 1. The van der Waals surface area contributed by atoms with Crippen LogP contribution in [0.4, 0.5) is 5.69 Å². The molecule has 1 amide bonds.